The molecule has 2 nitrogen and oxygen atoms in total. The monoisotopic (exact) mass is 140 g/mol. The Morgan fingerprint density at radius 3 is 3.00 bits per heavy atom. The summed E-state index contributed by atoms with van der Waals surface area (Å²) in [4.78, 5) is 0. The predicted octanol–water partition coefficient (Wildman–Crippen LogP) is 1.96. The van der Waals surface area contributed by atoms with Crippen LogP contribution in [0, 0.1) is 0 Å². The van der Waals surface area contributed by atoms with E-state index in [4.69, 9.17) is 0 Å². The zero-order valence-electron chi connectivity index (χ0n) is 5.46. The van der Waals surface area contributed by atoms with Crippen LogP contribution < -0.4 is 0 Å². The second kappa shape index (κ2) is 2.73. The molecule has 0 atom stereocenters. The Kier molecular flexibility index (Phi) is 1.95. The highest BCUT2D eigenvalue weighted by atomic mass is 32.1. The first-order chi connectivity index (χ1) is 4.34. The van der Waals surface area contributed by atoms with Gasteiger partial charge in [-0.1, -0.05) is 6.08 Å². The summed E-state index contributed by atoms with van der Waals surface area (Å²) >= 11 is 1.24. The summed E-state index contributed by atoms with van der Waals surface area (Å²) in [5.41, 5.74) is 2.17. The first-order valence-electron chi connectivity index (χ1n) is 2.75. The van der Waals surface area contributed by atoms with Crippen molar-refractivity contribution in [2.45, 2.75) is 13.8 Å². The van der Waals surface area contributed by atoms with Gasteiger partial charge < -0.3 is 0 Å². The number of nitrogens with zero attached hydrogens (tertiary/aromatic N) is 2. The summed E-state index contributed by atoms with van der Waals surface area (Å²) in [6.07, 6.45) is 3.80. The summed E-state index contributed by atoms with van der Waals surface area (Å²) in [6.45, 7) is 4.02. The summed E-state index contributed by atoms with van der Waals surface area (Å²) in [6, 6.07) is 0. The molecular weight excluding hydrogens is 132 g/mol. The van der Waals surface area contributed by atoms with E-state index in [1.54, 1.807) is 6.20 Å². The van der Waals surface area contributed by atoms with Crippen LogP contribution in [0.4, 0.5) is 0 Å². The number of aromatic nitrogens is 2. The SMILES string of the molecule is C/C=C(\C)c1cnsn1. The van der Waals surface area contributed by atoms with Gasteiger partial charge in [0.1, 0.15) is 0 Å². The minimum atomic E-state index is 0.988. The fourth-order valence-electron chi connectivity index (χ4n) is 0.486. The highest BCUT2D eigenvalue weighted by Gasteiger charge is 1.94. The number of allylic oxidation sites excluding steroid dienone is 2. The Hall–Kier alpha value is -0.700. The van der Waals surface area contributed by atoms with E-state index in [0.29, 0.717) is 0 Å². The van der Waals surface area contributed by atoms with E-state index in [1.165, 1.54) is 17.3 Å². The van der Waals surface area contributed by atoms with Gasteiger partial charge in [-0.2, -0.15) is 8.75 Å². The van der Waals surface area contributed by atoms with Crippen molar-refractivity contribution in [1.29, 1.82) is 0 Å². The van der Waals surface area contributed by atoms with Crippen LogP contribution >= 0.6 is 11.7 Å². The lowest BCUT2D eigenvalue weighted by Gasteiger charge is -1.87. The fraction of sp³-hybridized carbons (Fsp3) is 0.333. The molecule has 0 radical (unpaired) electrons. The largest absolute Gasteiger partial charge is 0.181 e. The Bertz CT molecular complexity index is 201. The maximum Gasteiger partial charge on any atom is 0.0995 e. The van der Waals surface area contributed by atoms with Gasteiger partial charge in [-0.25, -0.2) is 0 Å². The van der Waals surface area contributed by atoms with Crippen LogP contribution in [0.1, 0.15) is 19.5 Å². The molecule has 0 fully saturated rings. The van der Waals surface area contributed by atoms with Crippen LogP contribution in [0.15, 0.2) is 12.3 Å². The van der Waals surface area contributed by atoms with Gasteiger partial charge >= 0.3 is 0 Å². The van der Waals surface area contributed by atoms with Crippen molar-refractivity contribution < 1.29 is 0 Å². The second-order valence-electron chi connectivity index (χ2n) is 1.76. The minimum Gasteiger partial charge on any atom is -0.181 e. The number of hydrogen-bond acceptors (Lipinski definition) is 3. The zero-order chi connectivity index (χ0) is 6.69. The van der Waals surface area contributed by atoms with Crippen LogP contribution in [-0.2, 0) is 0 Å². The molecule has 1 aromatic rings. The van der Waals surface area contributed by atoms with Crippen LogP contribution in [0.5, 0.6) is 0 Å². The van der Waals surface area contributed by atoms with Crippen molar-refractivity contribution in [1.82, 2.24) is 8.75 Å². The molecule has 1 rings (SSSR count). The van der Waals surface area contributed by atoms with Crippen LogP contribution in [-0.4, -0.2) is 8.75 Å². The first-order valence-corrected chi connectivity index (χ1v) is 3.48. The third-order valence-electron chi connectivity index (χ3n) is 1.20. The molecule has 0 unspecified atom stereocenters. The molecule has 0 aromatic carbocycles. The predicted molar refractivity (Wildman–Crippen MR) is 39.2 cm³/mol. The average molecular weight is 140 g/mol. The third kappa shape index (κ3) is 1.36. The smallest absolute Gasteiger partial charge is 0.0995 e. The Morgan fingerprint density at radius 1 is 1.78 bits per heavy atom. The van der Waals surface area contributed by atoms with Gasteiger partial charge in [-0.15, -0.1) is 0 Å². The normalized spacial score (nSPS) is 12.0. The molecule has 0 bridgehead atoms. The Balaban J connectivity index is 2.90. The van der Waals surface area contributed by atoms with Crippen LogP contribution in [0.3, 0.4) is 0 Å². The third-order valence-corrected chi connectivity index (χ3v) is 1.68. The highest BCUT2D eigenvalue weighted by molar-refractivity contribution is 6.99. The Labute approximate surface area is 58.6 Å². The van der Waals surface area contributed by atoms with Crippen molar-refractivity contribution in [3.05, 3.63) is 18.0 Å². The standard InChI is InChI=1S/C6H8N2S/c1-3-5(2)6-4-7-9-8-6/h3-4H,1-2H3/b5-3+. The molecule has 0 amide bonds. The van der Waals surface area contributed by atoms with Crippen molar-refractivity contribution in [2.75, 3.05) is 0 Å². The summed E-state index contributed by atoms with van der Waals surface area (Å²) in [5, 5.41) is 0. The molecule has 1 heterocycles. The molecule has 3 heteroatoms. The summed E-state index contributed by atoms with van der Waals surface area (Å²) in [7, 11) is 0. The molecule has 0 aliphatic heterocycles. The van der Waals surface area contributed by atoms with Gasteiger partial charge in [0.2, 0.25) is 0 Å². The van der Waals surface area contributed by atoms with Gasteiger partial charge in [-0.3, -0.25) is 0 Å². The van der Waals surface area contributed by atoms with E-state index in [2.05, 4.69) is 8.75 Å². The van der Waals surface area contributed by atoms with Crippen molar-refractivity contribution in [3.8, 4) is 0 Å². The zero-order valence-corrected chi connectivity index (χ0v) is 6.27. The van der Waals surface area contributed by atoms with E-state index in [-0.39, 0.29) is 0 Å². The van der Waals surface area contributed by atoms with E-state index in [0.717, 1.165) is 5.69 Å². The lowest BCUT2D eigenvalue weighted by Crippen LogP contribution is -1.74. The fourth-order valence-corrected chi connectivity index (χ4v) is 0.960. The topological polar surface area (TPSA) is 25.8 Å². The summed E-state index contributed by atoms with van der Waals surface area (Å²) < 4.78 is 7.93. The molecule has 0 saturated carbocycles. The van der Waals surface area contributed by atoms with Gasteiger partial charge in [0.25, 0.3) is 0 Å². The lowest BCUT2D eigenvalue weighted by molar-refractivity contribution is 1.41. The Morgan fingerprint density at radius 2 is 2.56 bits per heavy atom. The van der Waals surface area contributed by atoms with E-state index in [9.17, 15) is 0 Å². The van der Waals surface area contributed by atoms with Crippen LogP contribution in [0.2, 0.25) is 0 Å². The van der Waals surface area contributed by atoms with Gasteiger partial charge in [0.05, 0.1) is 23.6 Å². The average Bonchev–Trinajstić information content (AvgIpc) is 2.37. The molecular formula is C6H8N2S. The maximum atomic E-state index is 4.05. The molecule has 0 N–H and O–H groups in total. The van der Waals surface area contributed by atoms with Gasteiger partial charge in [0.15, 0.2) is 0 Å². The summed E-state index contributed by atoms with van der Waals surface area (Å²) in [5.74, 6) is 0. The van der Waals surface area contributed by atoms with E-state index >= 15 is 0 Å². The lowest BCUT2D eigenvalue weighted by atomic mass is 10.2. The molecule has 1 aromatic heterocycles. The number of rotatable bonds is 1. The molecule has 0 aliphatic carbocycles. The molecule has 48 valence electrons. The molecule has 0 spiro atoms. The van der Waals surface area contributed by atoms with Crippen molar-refractivity contribution in [2.24, 2.45) is 0 Å². The number of hydrogen-bond donors (Lipinski definition) is 0. The van der Waals surface area contributed by atoms with Gasteiger partial charge in [0, 0.05) is 0 Å². The van der Waals surface area contributed by atoms with Crippen molar-refractivity contribution >= 4 is 17.3 Å². The van der Waals surface area contributed by atoms with E-state index < -0.39 is 0 Å². The van der Waals surface area contributed by atoms with E-state index in [1.807, 2.05) is 19.9 Å². The highest BCUT2D eigenvalue weighted by Crippen LogP contribution is 2.08. The second-order valence-corrected chi connectivity index (χ2v) is 2.32. The maximum absolute atomic E-state index is 4.05. The van der Waals surface area contributed by atoms with Crippen molar-refractivity contribution in [3.63, 3.8) is 0 Å². The molecule has 0 saturated heterocycles. The minimum absolute atomic E-state index is 0.988. The van der Waals surface area contributed by atoms with Crippen LogP contribution in [0.25, 0.3) is 5.57 Å². The first kappa shape index (κ1) is 6.42. The molecule has 0 aliphatic rings. The molecule has 9 heavy (non-hydrogen) atoms. The quantitative estimate of drug-likeness (QED) is 0.596. The van der Waals surface area contributed by atoms with Gasteiger partial charge in [-0.05, 0) is 19.4 Å².